The zero-order valence-electron chi connectivity index (χ0n) is 15.2. The second kappa shape index (κ2) is 8.07. The molecule has 0 unspecified atom stereocenters. The molecule has 2 aromatic rings. The molecule has 0 atom stereocenters. The van der Waals surface area contributed by atoms with Crippen LogP contribution in [0.15, 0.2) is 24.4 Å². The number of ketones is 1. The van der Waals surface area contributed by atoms with Crippen LogP contribution in [0.1, 0.15) is 28.8 Å². The third kappa shape index (κ3) is 4.11. The molecule has 28 heavy (non-hydrogen) atoms. The molecule has 1 aliphatic heterocycles. The maximum Gasteiger partial charge on any atom is 0.407 e. The first-order chi connectivity index (χ1) is 13.4. The Balaban J connectivity index is 1.73. The van der Waals surface area contributed by atoms with Gasteiger partial charge in [0.25, 0.3) is 0 Å². The van der Waals surface area contributed by atoms with Gasteiger partial charge < -0.3 is 25.8 Å². The molecule has 0 saturated carbocycles. The summed E-state index contributed by atoms with van der Waals surface area (Å²) < 4.78 is 18.6. The first kappa shape index (κ1) is 19.3. The highest BCUT2D eigenvalue weighted by Gasteiger charge is 2.24. The topological polar surface area (TPSA) is 131 Å². The van der Waals surface area contributed by atoms with Crippen LogP contribution < -0.4 is 15.8 Å². The molecule has 1 aromatic heterocycles. The number of rotatable bonds is 5. The SMILES string of the molecule is COc1ccc(F)cc1C(=O)c1cnc(NC2CCN(C(=O)O)CC2)nc1N. The second-order valence-electron chi connectivity index (χ2n) is 6.35. The predicted octanol–water partition coefficient (Wildman–Crippen LogP) is 1.99. The quantitative estimate of drug-likeness (QED) is 0.662. The molecular formula is C18H20FN5O4. The molecule has 3 rings (SSSR count). The van der Waals surface area contributed by atoms with Crippen LogP contribution in [0.2, 0.25) is 0 Å². The van der Waals surface area contributed by atoms with Crippen molar-refractivity contribution < 1.29 is 23.8 Å². The van der Waals surface area contributed by atoms with Crippen LogP contribution >= 0.6 is 0 Å². The largest absolute Gasteiger partial charge is 0.496 e. The van der Waals surface area contributed by atoms with Crippen molar-refractivity contribution in [2.24, 2.45) is 0 Å². The molecule has 1 fully saturated rings. The van der Waals surface area contributed by atoms with Crippen molar-refractivity contribution in [1.29, 1.82) is 0 Å². The average molecular weight is 389 g/mol. The summed E-state index contributed by atoms with van der Waals surface area (Å²) in [4.78, 5) is 33.3. The van der Waals surface area contributed by atoms with Gasteiger partial charge in [0.15, 0.2) is 0 Å². The molecule has 1 amide bonds. The van der Waals surface area contributed by atoms with Gasteiger partial charge in [0.1, 0.15) is 17.4 Å². The Bertz CT molecular complexity index is 900. The number of carbonyl (C=O) groups is 2. The third-order valence-electron chi connectivity index (χ3n) is 4.57. The van der Waals surface area contributed by atoms with E-state index >= 15 is 0 Å². The summed E-state index contributed by atoms with van der Waals surface area (Å²) in [5.74, 6) is -0.700. The van der Waals surface area contributed by atoms with Gasteiger partial charge in [-0.15, -0.1) is 0 Å². The van der Waals surface area contributed by atoms with Crippen LogP contribution in [-0.2, 0) is 0 Å². The van der Waals surface area contributed by atoms with E-state index in [-0.39, 0.29) is 34.7 Å². The van der Waals surface area contributed by atoms with E-state index in [1.54, 1.807) is 0 Å². The van der Waals surface area contributed by atoms with Gasteiger partial charge in [-0.2, -0.15) is 4.98 Å². The highest BCUT2D eigenvalue weighted by molar-refractivity contribution is 6.13. The number of nitrogens with zero attached hydrogens (tertiary/aromatic N) is 3. The monoisotopic (exact) mass is 389 g/mol. The van der Waals surface area contributed by atoms with Gasteiger partial charge in [0.2, 0.25) is 11.7 Å². The fourth-order valence-electron chi connectivity index (χ4n) is 3.04. The first-order valence-electron chi connectivity index (χ1n) is 8.64. The minimum atomic E-state index is -0.936. The Hall–Kier alpha value is -3.43. The van der Waals surface area contributed by atoms with Gasteiger partial charge in [-0.3, -0.25) is 4.79 Å². The van der Waals surface area contributed by atoms with Crippen molar-refractivity contribution in [3.05, 3.63) is 41.3 Å². The molecule has 10 heteroatoms. The highest BCUT2D eigenvalue weighted by Crippen LogP contribution is 2.25. The van der Waals surface area contributed by atoms with Crippen molar-refractivity contribution in [3.8, 4) is 5.75 Å². The molecule has 0 aliphatic carbocycles. The lowest BCUT2D eigenvalue weighted by Crippen LogP contribution is -2.41. The number of nitrogen functional groups attached to an aromatic ring is 1. The number of hydrogen-bond donors (Lipinski definition) is 3. The third-order valence-corrected chi connectivity index (χ3v) is 4.57. The van der Waals surface area contributed by atoms with Crippen molar-refractivity contribution >= 4 is 23.6 Å². The van der Waals surface area contributed by atoms with E-state index in [0.29, 0.717) is 25.9 Å². The van der Waals surface area contributed by atoms with Crippen molar-refractivity contribution in [2.45, 2.75) is 18.9 Å². The van der Waals surface area contributed by atoms with E-state index in [0.717, 1.165) is 6.07 Å². The Labute approximate surface area is 160 Å². The van der Waals surface area contributed by atoms with Crippen molar-refractivity contribution in [2.75, 3.05) is 31.2 Å². The number of carboxylic acid groups (broad SMARTS) is 1. The van der Waals surface area contributed by atoms with E-state index in [9.17, 15) is 14.0 Å². The zero-order valence-corrected chi connectivity index (χ0v) is 15.2. The number of ether oxygens (including phenoxy) is 1. The number of methoxy groups -OCH3 is 1. The molecule has 4 N–H and O–H groups in total. The lowest BCUT2D eigenvalue weighted by Gasteiger charge is -2.30. The Morgan fingerprint density at radius 1 is 1.32 bits per heavy atom. The maximum absolute atomic E-state index is 13.5. The number of piperidine rings is 1. The van der Waals surface area contributed by atoms with E-state index in [1.807, 2.05) is 0 Å². The van der Waals surface area contributed by atoms with Crippen LogP contribution in [0.5, 0.6) is 5.75 Å². The summed E-state index contributed by atoms with van der Waals surface area (Å²) in [5.41, 5.74) is 5.99. The number of likely N-dealkylation sites (tertiary alicyclic amines) is 1. The average Bonchev–Trinajstić information content (AvgIpc) is 2.68. The number of halogens is 1. The summed E-state index contributed by atoms with van der Waals surface area (Å²) in [7, 11) is 1.38. The summed E-state index contributed by atoms with van der Waals surface area (Å²) in [6.07, 6.45) is 1.56. The molecular weight excluding hydrogens is 369 g/mol. The van der Waals surface area contributed by atoms with Gasteiger partial charge in [-0.05, 0) is 31.0 Å². The lowest BCUT2D eigenvalue weighted by atomic mass is 10.0. The van der Waals surface area contributed by atoms with E-state index in [4.69, 9.17) is 15.6 Å². The standard InChI is InChI=1S/C18H20FN5O4/c1-28-14-3-2-10(19)8-12(14)15(25)13-9-21-17(23-16(13)20)22-11-4-6-24(7-5-11)18(26)27/h2-3,8-9,11H,4-7H2,1H3,(H,26,27)(H3,20,21,22,23). The number of hydrogen-bond acceptors (Lipinski definition) is 7. The molecule has 0 spiro atoms. The first-order valence-corrected chi connectivity index (χ1v) is 8.64. The molecule has 9 nitrogen and oxygen atoms in total. The molecule has 0 bridgehead atoms. The number of carbonyl (C=O) groups excluding carboxylic acids is 1. The van der Waals surface area contributed by atoms with Crippen LogP contribution in [0.4, 0.5) is 21.0 Å². The molecule has 1 aliphatic rings. The number of anilines is 2. The predicted molar refractivity (Wildman–Crippen MR) is 99.1 cm³/mol. The smallest absolute Gasteiger partial charge is 0.407 e. The lowest BCUT2D eigenvalue weighted by molar-refractivity contribution is 0.103. The summed E-state index contributed by atoms with van der Waals surface area (Å²) in [6.45, 7) is 0.830. The second-order valence-corrected chi connectivity index (χ2v) is 6.35. The normalized spacial score (nSPS) is 14.6. The highest BCUT2D eigenvalue weighted by atomic mass is 19.1. The van der Waals surface area contributed by atoms with Gasteiger partial charge >= 0.3 is 6.09 Å². The van der Waals surface area contributed by atoms with Gasteiger partial charge in [0, 0.05) is 25.3 Å². The zero-order chi connectivity index (χ0) is 20.3. The Morgan fingerprint density at radius 3 is 2.64 bits per heavy atom. The number of aromatic nitrogens is 2. The summed E-state index contributed by atoms with van der Waals surface area (Å²) in [5, 5.41) is 12.1. The fourth-order valence-corrected chi connectivity index (χ4v) is 3.04. The van der Waals surface area contributed by atoms with Crippen LogP contribution in [0, 0.1) is 5.82 Å². The van der Waals surface area contributed by atoms with E-state index in [1.165, 1.54) is 30.3 Å². The maximum atomic E-state index is 13.5. The van der Waals surface area contributed by atoms with Gasteiger partial charge in [-0.25, -0.2) is 14.2 Å². The fraction of sp³-hybridized carbons (Fsp3) is 0.333. The van der Waals surface area contributed by atoms with Crippen LogP contribution in [-0.4, -0.2) is 58.1 Å². The summed E-state index contributed by atoms with van der Waals surface area (Å²) in [6, 6.07) is 3.63. The Morgan fingerprint density at radius 2 is 2.04 bits per heavy atom. The minimum absolute atomic E-state index is 0.000125. The number of benzene rings is 1. The van der Waals surface area contributed by atoms with Crippen LogP contribution in [0.3, 0.4) is 0 Å². The Kier molecular flexibility index (Phi) is 5.57. The van der Waals surface area contributed by atoms with Crippen molar-refractivity contribution in [3.63, 3.8) is 0 Å². The molecule has 1 saturated heterocycles. The van der Waals surface area contributed by atoms with Gasteiger partial charge in [0.05, 0.1) is 18.2 Å². The minimum Gasteiger partial charge on any atom is -0.496 e. The van der Waals surface area contributed by atoms with Crippen molar-refractivity contribution in [1.82, 2.24) is 14.9 Å². The summed E-state index contributed by atoms with van der Waals surface area (Å²) >= 11 is 0. The molecule has 2 heterocycles. The number of nitrogens with one attached hydrogen (secondary N) is 1. The number of amides is 1. The molecule has 0 radical (unpaired) electrons. The molecule has 1 aromatic carbocycles. The molecule has 148 valence electrons. The van der Waals surface area contributed by atoms with E-state index in [2.05, 4.69) is 15.3 Å². The number of nitrogens with two attached hydrogens (primary N) is 1. The van der Waals surface area contributed by atoms with Crippen LogP contribution in [0.25, 0.3) is 0 Å². The van der Waals surface area contributed by atoms with E-state index < -0.39 is 17.7 Å². The van der Waals surface area contributed by atoms with Gasteiger partial charge in [-0.1, -0.05) is 0 Å².